The van der Waals surface area contributed by atoms with Crippen LogP contribution in [0.1, 0.15) is 0 Å². The van der Waals surface area contributed by atoms with Crippen molar-refractivity contribution >= 4 is 55.6 Å². The zero-order valence-electron chi connectivity index (χ0n) is 3.76. The summed E-state index contributed by atoms with van der Waals surface area (Å²) in [6.07, 6.45) is 0. The third kappa shape index (κ3) is 11.1. The minimum absolute atomic E-state index is 0. The normalized spacial score (nSPS) is 10.0. The maximum Gasteiger partial charge on any atom is 0.274 e. The molecule has 0 amide bonds. The monoisotopic (exact) mass is 197 g/mol. The molecule has 0 aliphatic rings. The summed E-state index contributed by atoms with van der Waals surface area (Å²) in [6, 6.07) is 0. The van der Waals surface area contributed by atoms with Crippen molar-refractivity contribution in [1.29, 1.82) is 0 Å². The molecule has 39 valence electrons. The van der Waals surface area contributed by atoms with Gasteiger partial charge in [0, 0.05) is 29.6 Å². The summed E-state index contributed by atoms with van der Waals surface area (Å²) >= 11 is 2.53. The second-order valence-electron chi connectivity index (χ2n) is 0.691. The van der Waals surface area contributed by atoms with E-state index in [1.54, 1.807) is 0 Å². The first-order chi connectivity index (χ1) is 2.56. The van der Waals surface area contributed by atoms with Gasteiger partial charge in [-0.15, -0.1) is 0 Å². The molecule has 0 bridgehead atoms. The molecular weight excluding hydrogens is 195 g/mol. The van der Waals surface area contributed by atoms with Crippen molar-refractivity contribution in [2.45, 2.75) is 0 Å². The summed E-state index contributed by atoms with van der Waals surface area (Å²) in [6.45, 7) is 0. The minimum atomic E-state index is -3.75. The van der Waals surface area contributed by atoms with Gasteiger partial charge in [-0.3, -0.25) is 4.55 Å². The standard InChI is InChI=1S/CH3BrO3S.Na/c2-1-6(3,4)5;/h1H2,(H,3,4,5);. The van der Waals surface area contributed by atoms with E-state index in [4.69, 9.17) is 4.55 Å². The molecule has 0 rings (SSSR count). The quantitative estimate of drug-likeness (QED) is 0.362. The van der Waals surface area contributed by atoms with Gasteiger partial charge in [-0.1, -0.05) is 15.9 Å². The Morgan fingerprint density at radius 1 is 1.57 bits per heavy atom. The van der Waals surface area contributed by atoms with Crippen molar-refractivity contribution in [2.75, 3.05) is 4.66 Å². The summed E-state index contributed by atoms with van der Waals surface area (Å²) in [7, 11) is -3.75. The Bertz CT molecular complexity index is 117. The van der Waals surface area contributed by atoms with Gasteiger partial charge in [0.25, 0.3) is 10.1 Å². The SMILES string of the molecule is O=S(=O)(O)CBr.[Na]. The Morgan fingerprint density at radius 2 is 1.71 bits per heavy atom. The van der Waals surface area contributed by atoms with Crippen LogP contribution in [-0.4, -0.2) is 47.2 Å². The van der Waals surface area contributed by atoms with Gasteiger partial charge in [0.15, 0.2) is 0 Å². The average molecular weight is 198 g/mol. The first-order valence-electron chi connectivity index (χ1n) is 1.07. The fourth-order valence-corrected chi connectivity index (χ4v) is 0. The third-order valence-corrected chi connectivity index (χ3v) is 2.15. The summed E-state index contributed by atoms with van der Waals surface area (Å²) in [4.78, 5) is 0. The fraction of sp³-hybridized carbons (Fsp3) is 1.00. The van der Waals surface area contributed by atoms with Crippen LogP contribution in [0.5, 0.6) is 0 Å². The van der Waals surface area contributed by atoms with E-state index in [0.717, 1.165) is 0 Å². The van der Waals surface area contributed by atoms with Crippen LogP contribution in [-0.2, 0) is 10.1 Å². The molecule has 0 aliphatic heterocycles. The number of rotatable bonds is 1. The maximum atomic E-state index is 9.51. The van der Waals surface area contributed by atoms with Crippen molar-refractivity contribution < 1.29 is 13.0 Å². The van der Waals surface area contributed by atoms with Gasteiger partial charge in [-0.05, 0) is 0 Å². The van der Waals surface area contributed by atoms with Crippen molar-refractivity contribution in [3.63, 3.8) is 0 Å². The number of halogens is 1. The van der Waals surface area contributed by atoms with Crippen molar-refractivity contribution in [3.05, 3.63) is 0 Å². The molecule has 0 aromatic heterocycles. The van der Waals surface area contributed by atoms with E-state index in [1.165, 1.54) is 0 Å². The van der Waals surface area contributed by atoms with Crippen LogP contribution >= 0.6 is 15.9 Å². The third-order valence-electron chi connectivity index (χ3n) is 0.138. The maximum absolute atomic E-state index is 9.51. The largest absolute Gasteiger partial charge is 0.285 e. The number of alkyl halides is 1. The second kappa shape index (κ2) is 4.29. The Hall–Kier alpha value is 1.39. The van der Waals surface area contributed by atoms with Gasteiger partial charge in [0.05, 0.1) is 0 Å². The zero-order chi connectivity index (χ0) is 5.21. The average Bonchev–Trinajstić information content (AvgIpc) is 1.35. The summed E-state index contributed by atoms with van der Waals surface area (Å²) in [5, 5.41) is 0. The molecule has 0 saturated heterocycles. The van der Waals surface area contributed by atoms with E-state index in [1.807, 2.05) is 0 Å². The molecule has 0 heterocycles. The Labute approximate surface area is 72.6 Å². The topological polar surface area (TPSA) is 54.4 Å². The Morgan fingerprint density at radius 3 is 1.71 bits per heavy atom. The van der Waals surface area contributed by atoms with E-state index < -0.39 is 10.1 Å². The summed E-state index contributed by atoms with van der Waals surface area (Å²) in [5.41, 5.74) is 0. The van der Waals surface area contributed by atoms with Gasteiger partial charge >= 0.3 is 0 Å². The van der Waals surface area contributed by atoms with E-state index in [-0.39, 0.29) is 34.2 Å². The molecule has 0 aromatic rings. The Balaban J connectivity index is 0. The molecule has 0 atom stereocenters. The van der Waals surface area contributed by atoms with Crippen molar-refractivity contribution in [2.24, 2.45) is 0 Å². The minimum Gasteiger partial charge on any atom is -0.285 e. The van der Waals surface area contributed by atoms with Crippen LogP contribution in [0.15, 0.2) is 0 Å². The number of hydrogen-bond acceptors (Lipinski definition) is 2. The molecule has 0 aromatic carbocycles. The molecule has 0 fully saturated rings. The first-order valence-corrected chi connectivity index (χ1v) is 3.80. The second-order valence-corrected chi connectivity index (χ2v) is 3.45. The van der Waals surface area contributed by atoms with Gasteiger partial charge in [0.2, 0.25) is 0 Å². The van der Waals surface area contributed by atoms with E-state index in [0.29, 0.717) is 0 Å². The molecule has 0 aliphatic carbocycles. The van der Waals surface area contributed by atoms with Crippen LogP contribution in [0.25, 0.3) is 0 Å². The fourth-order valence-electron chi connectivity index (χ4n) is 0. The van der Waals surface area contributed by atoms with Crippen LogP contribution in [0.4, 0.5) is 0 Å². The molecule has 0 spiro atoms. The molecule has 0 unspecified atom stereocenters. The van der Waals surface area contributed by atoms with Crippen LogP contribution in [0, 0.1) is 0 Å². The van der Waals surface area contributed by atoms with Crippen molar-refractivity contribution in [3.8, 4) is 0 Å². The molecule has 6 heteroatoms. The van der Waals surface area contributed by atoms with E-state index in [9.17, 15) is 8.42 Å². The van der Waals surface area contributed by atoms with Crippen LogP contribution in [0.2, 0.25) is 0 Å². The number of hydrogen-bond donors (Lipinski definition) is 1. The van der Waals surface area contributed by atoms with Gasteiger partial charge in [-0.2, -0.15) is 8.42 Å². The Kier molecular flexibility index (Phi) is 6.87. The predicted molar refractivity (Wildman–Crippen MR) is 31.1 cm³/mol. The summed E-state index contributed by atoms with van der Waals surface area (Å²) < 4.78 is 26.4. The molecular formula is CH3BrNaO3S. The van der Waals surface area contributed by atoms with E-state index >= 15 is 0 Å². The van der Waals surface area contributed by atoms with Gasteiger partial charge < -0.3 is 0 Å². The zero-order valence-corrected chi connectivity index (χ0v) is 8.16. The molecule has 1 radical (unpaired) electrons. The molecule has 1 N–H and O–H groups in total. The van der Waals surface area contributed by atoms with Crippen molar-refractivity contribution in [1.82, 2.24) is 0 Å². The van der Waals surface area contributed by atoms with Crippen LogP contribution in [0.3, 0.4) is 0 Å². The molecule has 0 saturated carbocycles. The van der Waals surface area contributed by atoms with Gasteiger partial charge in [-0.25, -0.2) is 0 Å². The van der Waals surface area contributed by atoms with Crippen LogP contribution < -0.4 is 0 Å². The smallest absolute Gasteiger partial charge is 0.274 e. The van der Waals surface area contributed by atoms with Gasteiger partial charge in [0.1, 0.15) is 4.66 Å². The molecule has 7 heavy (non-hydrogen) atoms. The summed E-state index contributed by atoms with van der Waals surface area (Å²) in [5.74, 6) is 0. The predicted octanol–water partition coefficient (Wildman–Crippen LogP) is -0.154. The van der Waals surface area contributed by atoms with E-state index in [2.05, 4.69) is 15.9 Å². The first kappa shape index (κ1) is 11.2. The molecule has 3 nitrogen and oxygen atoms in total.